The largest absolute Gasteiger partial charge is 0.462 e. The van der Waals surface area contributed by atoms with E-state index in [1.54, 1.807) is 19.1 Å². The normalized spacial score (nSPS) is 10.5. The minimum atomic E-state index is -0.311. The first-order valence-electron chi connectivity index (χ1n) is 6.78. The van der Waals surface area contributed by atoms with Gasteiger partial charge in [-0.2, -0.15) is 0 Å². The molecular formula is C17H14N2O2. The van der Waals surface area contributed by atoms with Crippen LogP contribution in [0.3, 0.4) is 0 Å². The minimum absolute atomic E-state index is 0.311. The number of ether oxygens (including phenoxy) is 1. The molecule has 4 heteroatoms. The molecule has 0 saturated carbocycles. The van der Waals surface area contributed by atoms with Crippen LogP contribution in [0, 0.1) is 0 Å². The average Bonchev–Trinajstić information content (AvgIpc) is 2.55. The standard InChI is InChI=1S/C17H14N2O2/c1-2-21-17(20)13-9-7-12(8-10-13)16-11-14-5-3-4-6-15(14)18-19-16/h3-11H,2H2,1H3. The lowest BCUT2D eigenvalue weighted by atomic mass is 10.1. The maximum Gasteiger partial charge on any atom is 0.338 e. The van der Waals surface area contributed by atoms with Gasteiger partial charge in [-0.3, -0.25) is 0 Å². The molecular weight excluding hydrogens is 264 g/mol. The van der Waals surface area contributed by atoms with E-state index in [2.05, 4.69) is 10.2 Å². The summed E-state index contributed by atoms with van der Waals surface area (Å²) < 4.78 is 4.96. The van der Waals surface area contributed by atoms with E-state index in [4.69, 9.17) is 4.74 Å². The fourth-order valence-electron chi connectivity index (χ4n) is 2.12. The number of carbonyl (C=O) groups excluding carboxylic acids is 1. The van der Waals surface area contributed by atoms with Gasteiger partial charge in [0.25, 0.3) is 0 Å². The first kappa shape index (κ1) is 13.2. The lowest BCUT2D eigenvalue weighted by Crippen LogP contribution is -2.04. The Balaban J connectivity index is 1.93. The third kappa shape index (κ3) is 2.74. The molecule has 1 heterocycles. The summed E-state index contributed by atoms with van der Waals surface area (Å²) in [6.45, 7) is 2.16. The summed E-state index contributed by atoms with van der Waals surface area (Å²) in [6, 6.07) is 17.0. The van der Waals surface area contributed by atoms with Crippen molar-refractivity contribution in [3.63, 3.8) is 0 Å². The van der Waals surface area contributed by atoms with Crippen LogP contribution >= 0.6 is 0 Å². The Hall–Kier alpha value is -2.75. The fraction of sp³-hybridized carbons (Fsp3) is 0.118. The van der Waals surface area contributed by atoms with Gasteiger partial charge >= 0.3 is 5.97 Å². The summed E-state index contributed by atoms with van der Waals surface area (Å²) >= 11 is 0. The van der Waals surface area contributed by atoms with Gasteiger partial charge in [0.05, 0.1) is 23.4 Å². The van der Waals surface area contributed by atoms with E-state index in [0.29, 0.717) is 12.2 Å². The predicted molar refractivity (Wildman–Crippen MR) is 80.9 cm³/mol. The third-order valence-electron chi connectivity index (χ3n) is 3.19. The highest BCUT2D eigenvalue weighted by Crippen LogP contribution is 2.21. The average molecular weight is 278 g/mol. The summed E-state index contributed by atoms with van der Waals surface area (Å²) in [5.74, 6) is -0.311. The summed E-state index contributed by atoms with van der Waals surface area (Å²) in [4.78, 5) is 11.6. The number of aromatic nitrogens is 2. The quantitative estimate of drug-likeness (QED) is 0.688. The Labute approximate surface area is 122 Å². The molecule has 0 radical (unpaired) electrons. The lowest BCUT2D eigenvalue weighted by molar-refractivity contribution is 0.0526. The van der Waals surface area contributed by atoms with Crippen LogP contribution in [0.5, 0.6) is 0 Å². The number of nitrogens with zero attached hydrogens (tertiary/aromatic N) is 2. The zero-order valence-corrected chi connectivity index (χ0v) is 11.6. The number of hydrogen-bond donors (Lipinski definition) is 0. The molecule has 0 unspecified atom stereocenters. The first-order valence-corrected chi connectivity index (χ1v) is 6.78. The van der Waals surface area contributed by atoms with Crippen LogP contribution in [-0.4, -0.2) is 22.8 Å². The van der Waals surface area contributed by atoms with Gasteiger partial charge < -0.3 is 4.74 Å². The Morgan fingerprint density at radius 3 is 2.57 bits per heavy atom. The van der Waals surface area contributed by atoms with Crippen LogP contribution in [0.4, 0.5) is 0 Å². The molecule has 0 aliphatic rings. The highest BCUT2D eigenvalue weighted by Gasteiger charge is 2.07. The van der Waals surface area contributed by atoms with Crippen LogP contribution in [-0.2, 0) is 4.74 Å². The molecule has 0 bridgehead atoms. The Morgan fingerprint density at radius 2 is 1.81 bits per heavy atom. The Bertz CT molecular complexity index is 782. The second-order valence-corrected chi connectivity index (χ2v) is 4.59. The van der Waals surface area contributed by atoms with E-state index in [1.807, 2.05) is 42.5 Å². The molecule has 0 N–H and O–H groups in total. The summed E-state index contributed by atoms with van der Waals surface area (Å²) in [7, 11) is 0. The van der Waals surface area contributed by atoms with E-state index in [-0.39, 0.29) is 5.97 Å². The van der Waals surface area contributed by atoms with Crippen LogP contribution in [0.15, 0.2) is 54.6 Å². The molecule has 0 spiro atoms. The Morgan fingerprint density at radius 1 is 1.05 bits per heavy atom. The predicted octanol–water partition coefficient (Wildman–Crippen LogP) is 3.47. The van der Waals surface area contributed by atoms with Crippen molar-refractivity contribution in [3.05, 3.63) is 60.2 Å². The van der Waals surface area contributed by atoms with Crippen molar-refractivity contribution in [2.45, 2.75) is 6.92 Å². The second-order valence-electron chi connectivity index (χ2n) is 4.59. The SMILES string of the molecule is CCOC(=O)c1ccc(-c2cc3ccccc3nn2)cc1. The maximum atomic E-state index is 11.6. The molecule has 4 nitrogen and oxygen atoms in total. The monoisotopic (exact) mass is 278 g/mol. The maximum absolute atomic E-state index is 11.6. The molecule has 0 fully saturated rings. The first-order chi connectivity index (χ1) is 10.3. The number of rotatable bonds is 3. The van der Waals surface area contributed by atoms with Crippen LogP contribution in [0.25, 0.3) is 22.2 Å². The van der Waals surface area contributed by atoms with Crippen molar-refractivity contribution < 1.29 is 9.53 Å². The van der Waals surface area contributed by atoms with Gasteiger partial charge in [0.2, 0.25) is 0 Å². The highest BCUT2D eigenvalue weighted by atomic mass is 16.5. The van der Waals surface area contributed by atoms with Gasteiger partial charge in [-0.25, -0.2) is 4.79 Å². The van der Waals surface area contributed by atoms with Crippen molar-refractivity contribution in [3.8, 4) is 11.3 Å². The molecule has 0 aliphatic heterocycles. The van der Waals surface area contributed by atoms with Gasteiger partial charge in [0.1, 0.15) is 0 Å². The smallest absolute Gasteiger partial charge is 0.338 e. The van der Waals surface area contributed by atoms with Crippen molar-refractivity contribution in [2.75, 3.05) is 6.61 Å². The van der Waals surface area contributed by atoms with Crippen molar-refractivity contribution in [1.82, 2.24) is 10.2 Å². The molecule has 21 heavy (non-hydrogen) atoms. The second kappa shape index (κ2) is 5.71. The Kier molecular flexibility index (Phi) is 3.60. The molecule has 3 aromatic rings. The molecule has 1 aromatic heterocycles. The molecule has 0 amide bonds. The van der Waals surface area contributed by atoms with E-state index < -0.39 is 0 Å². The van der Waals surface area contributed by atoms with Gasteiger partial charge in [-0.15, -0.1) is 10.2 Å². The third-order valence-corrected chi connectivity index (χ3v) is 3.19. The molecule has 0 aliphatic carbocycles. The van der Waals surface area contributed by atoms with Crippen molar-refractivity contribution in [2.24, 2.45) is 0 Å². The van der Waals surface area contributed by atoms with Gasteiger partial charge in [0.15, 0.2) is 0 Å². The van der Waals surface area contributed by atoms with E-state index >= 15 is 0 Å². The molecule has 0 saturated heterocycles. The summed E-state index contributed by atoms with van der Waals surface area (Å²) in [5, 5.41) is 9.46. The molecule has 3 rings (SSSR count). The van der Waals surface area contributed by atoms with E-state index in [9.17, 15) is 4.79 Å². The topological polar surface area (TPSA) is 52.1 Å². The van der Waals surface area contributed by atoms with Crippen molar-refractivity contribution in [1.29, 1.82) is 0 Å². The van der Waals surface area contributed by atoms with Crippen LogP contribution in [0.2, 0.25) is 0 Å². The number of benzene rings is 2. The number of hydrogen-bond acceptors (Lipinski definition) is 4. The van der Waals surface area contributed by atoms with Gasteiger partial charge in [0, 0.05) is 10.9 Å². The molecule has 0 atom stereocenters. The zero-order chi connectivity index (χ0) is 14.7. The molecule has 104 valence electrons. The number of fused-ring (bicyclic) bond motifs is 1. The van der Waals surface area contributed by atoms with E-state index in [0.717, 1.165) is 22.2 Å². The van der Waals surface area contributed by atoms with Crippen LogP contribution in [0.1, 0.15) is 17.3 Å². The van der Waals surface area contributed by atoms with Crippen LogP contribution < -0.4 is 0 Å². The lowest BCUT2D eigenvalue weighted by Gasteiger charge is -2.04. The van der Waals surface area contributed by atoms with Gasteiger partial charge in [-0.1, -0.05) is 30.3 Å². The minimum Gasteiger partial charge on any atom is -0.462 e. The number of esters is 1. The van der Waals surface area contributed by atoms with E-state index in [1.165, 1.54) is 0 Å². The summed E-state index contributed by atoms with van der Waals surface area (Å²) in [6.07, 6.45) is 0. The van der Waals surface area contributed by atoms with Crippen molar-refractivity contribution >= 4 is 16.9 Å². The summed E-state index contributed by atoms with van der Waals surface area (Å²) in [5.41, 5.74) is 3.10. The number of carbonyl (C=O) groups is 1. The van der Waals surface area contributed by atoms with Gasteiger partial charge in [-0.05, 0) is 31.2 Å². The zero-order valence-electron chi connectivity index (χ0n) is 11.6. The molecule has 2 aromatic carbocycles. The fourth-order valence-corrected chi connectivity index (χ4v) is 2.12. The highest BCUT2D eigenvalue weighted by molar-refractivity contribution is 5.90.